The SMILES string of the molecule is CC(=N)SCc1ccccn1. The maximum Gasteiger partial charge on any atom is 0.0614 e. The van der Waals surface area contributed by atoms with Crippen molar-refractivity contribution < 1.29 is 0 Å². The van der Waals surface area contributed by atoms with Crippen LogP contribution < -0.4 is 0 Å². The summed E-state index contributed by atoms with van der Waals surface area (Å²) in [7, 11) is 0. The average molecular weight is 166 g/mol. The predicted octanol–water partition coefficient (Wildman–Crippen LogP) is 2.31. The van der Waals surface area contributed by atoms with E-state index in [-0.39, 0.29) is 0 Å². The number of rotatable bonds is 2. The van der Waals surface area contributed by atoms with Crippen LogP contribution >= 0.6 is 11.8 Å². The molecule has 2 nitrogen and oxygen atoms in total. The maximum absolute atomic E-state index is 7.18. The lowest BCUT2D eigenvalue weighted by molar-refractivity contribution is 1.18. The number of hydrogen-bond donors (Lipinski definition) is 1. The number of nitrogens with one attached hydrogen (secondary N) is 1. The summed E-state index contributed by atoms with van der Waals surface area (Å²) in [6.07, 6.45) is 1.77. The third kappa shape index (κ3) is 3.18. The zero-order valence-corrected chi connectivity index (χ0v) is 7.19. The fraction of sp³-hybridized carbons (Fsp3) is 0.250. The van der Waals surface area contributed by atoms with Gasteiger partial charge in [0.15, 0.2) is 0 Å². The van der Waals surface area contributed by atoms with Crippen molar-refractivity contribution in [3.63, 3.8) is 0 Å². The van der Waals surface area contributed by atoms with Gasteiger partial charge in [-0.1, -0.05) is 6.07 Å². The highest BCUT2D eigenvalue weighted by molar-refractivity contribution is 8.13. The van der Waals surface area contributed by atoms with Crippen LogP contribution in [0.5, 0.6) is 0 Å². The lowest BCUT2D eigenvalue weighted by Gasteiger charge is -1.96. The van der Waals surface area contributed by atoms with Gasteiger partial charge in [0.1, 0.15) is 0 Å². The second-order valence-electron chi connectivity index (χ2n) is 2.17. The molecule has 1 heterocycles. The Morgan fingerprint density at radius 3 is 3.00 bits per heavy atom. The monoisotopic (exact) mass is 166 g/mol. The summed E-state index contributed by atoms with van der Waals surface area (Å²) >= 11 is 1.51. The Morgan fingerprint density at radius 1 is 1.64 bits per heavy atom. The Kier molecular flexibility index (Phi) is 3.11. The first-order chi connectivity index (χ1) is 5.29. The summed E-state index contributed by atoms with van der Waals surface area (Å²) in [6, 6.07) is 5.82. The molecule has 0 aromatic carbocycles. The molecule has 0 aliphatic rings. The van der Waals surface area contributed by atoms with E-state index in [1.807, 2.05) is 18.2 Å². The Bertz CT molecular complexity index is 233. The lowest BCUT2D eigenvalue weighted by Crippen LogP contribution is -1.87. The van der Waals surface area contributed by atoms with Gasteiger partial charge in [0.25, 0.3) is 0 Å². The van der Waals surface area contributed by atoms with Gasteiger partial charge in [-0.2, -0.15) is 0 Å². The first-order valence-corrected chi connectivity index (χ1v) is 4.35. The molecule has 11 heavy (non-hydrogen) atoms. The molecule has 0 saturated heterocycles. The molecule has 0 atom stereocenters. The van der Waals surface area contributed by atoms with Crippen LogP contribution in [-0.4, -0.2) is 10.0 Å². The van der Waals surface area contributed by atoms with E-state index in [0.29, 0.717) is 5.04 Å². The van der Waals surface area contributed by atoms with Crippen LogP contribution in [0.3, 0.4) is 0 Å². The minimum absolute atomic E-state index is 0.635. The second-order valence-corrected chi connectivity index (χ2v) is 3.36. The van der Waals surface area contributed by atoms with Gasteiger partial charge in [-0.05, 0) is 19.1 Å². The zero-order valence-electron chi connectivity index (χ0n) is 6.37. The molecule has 0 radical (unpaired) electrons. The van der Waals surface area contributed by atoms with Crippen LogP contribution in [0.1, 0.15) is 12.6 Å². The molecule has 0 bridgehead atoms. The highest BCUT2D eigenvalue weighted by atomic mass is 32.2. The average Bonchev–Trinajstić information content (AvgIpc) is 2.03. The van der Waals surface area contributed by atoms with Crippen molar-refractivity contribution in [2.45, 2.75) is 12.7 Å². The molecule has 0 unspecified atom stereocenters. The van der Waals surface area contributed by atoms with Gasteiger partial charge in [-0.25, -0.2) is 0 Å². The van der Waals surface area contributed by atoms with E-state index in [2.05, 4.69) is 4.98 Å². The van der Waals surface area contributed by atoms with Crippen molar-refractivity contribution in [2.75, 3.05) is 0 Å². The number of hydrogen-bond acceptors (Lipinski definition) is 3. The molecule has 0 saturated carbocycles. The highest BCUT2D eigenvalue weighted by Gasteiger charge is 1.93. The molecule has 1 aromatic heterocycles. The number of nitrogens with zero attached hydrogens (tertiary/aromatic N) is 1. The van der Waals surface area contributed by atoms with E-state index in [1.54, 1.807) is 13.1 Å². The molecule has 1 N–H and O–H groups in total. The number of thioether (sulfide) groups is 1. The van der Waals surface area contributed by atoms with Gasteiger partial charge in [0.2, 0.25) is 0 Å². The van der Waals surface area contributed by atoms with Gasteiger partial charge in [0, 0.05) is 11.9 Å². The van der Waals surface area contributed by atoms with Gasteiger partial charge in [-0.3, -0.25) is 10.4 Å². The lowest BCUT2D eigenvalue weighted by atomic mass is 10.4. The van der Waals surface area contributed by atoms with E-state index >= 15 is 0 Å². The Hall–Kier alpha value is -0.830. The third-order valence-corrected chi connectivity index (χ3v) is 2.04. The summed E-state index contributed by atoms with van der Waals surface area (Å²) < 4.78 is 0. The van der Waals surface area contributed by atoms with E-state index in [4.69, 9.17) is 5.41 Å². The maximum atomic E-state index is 7.18. The topological polar surface area (TPSA) is 36.7 Å². The van der Waals surface area contributed by atoms with Crippen molar-refractivity contribution in [3.05, 3.63) is 30.1 Å². The highest BCUT2D eigenvalue weighted by Crippen LogP contribution is 2.09. The zero-order chi connectivity index (χ0) is 8.10. The van der Waals surface area contributed by atoms with Crippen molar-refractivity contribution in [2.24, 2.45) is 0 Å². The number of pyridine rings is 1. The molecule has 1 rings (SSSR count). The Morgan fingerprint density at radius 2 is 2.45 bits per heavy atom. The third-order valence-electron chi connectivity index (χ3n) is 1.16. The van der Waals surface area contributed by atoms with Crippen molar-refractivity contribution >= 4 is 16.8 Å². The molecule has 0 aliphatic heterocycles. The smallest absolute Gasteiger partial charge is 0.0614 e. The molecule has 0 amide bonds. The molecular formula is C8H10N2S. The largest absolute Gasteiger partial charge is 0.299 e. The Labute approximate surface area is 70.6 Å². The van der Waals surface area contributed by atoms with Crippen molar-refractivity contribution in [1.82, 2.24) is 4.98 Å². The Balaban J connectivity index is 2.45. The van der Waals surface area contributed by atoms with E-state index in [9.17, 15) is 0 Å². The standard InChI is InChI=1S/C8H10N2S/c1-7(9)11-6-8-4-2-3-5-10-8/h2-5,9H,6H2,1H3. The van der Waals surface area contributed by atoms with Crippen LogP contribution in [0.15, 0.2) is 24.4 Å². The first kappa shape index (κ1) is 8.27. The van der Waals surface area contributed by atoms with E-state index in [1.165, 1.54) is 11.8 Å². The molecular weight excluding hydrogens is 156 g/mol. The first-order valence-electron chi connectivity index (χ1n) is 3.37. The fourth-order valence-corrected chi connectivity index (χ4v) is 1.20. The molecule has 0 aliphatic carbocycles. The second kappa shape index (κ2) is 4.13. The van der Waals surface area contributed by atoms with Crippen molar-refractivity contribution in [3.8, 4) is 0 Å². The molecule has 58 valence electrons. The van der Waals surface area contributed by atoms with Crippen LogP contribution in [0.25, 0.3) is 0 Å². The van der Waals surface area contributed by atoms with Crippen LogP contribution in [-0.2, 0) is 5.75 Å². The van der Waals surface area contributed by atoms with E-state index in [0.717, 1.165) is 11.4 Å². The normalized spacial score (nSPS) is 9.55. The van der Waals surface area contributed by atoms with Gasteiger partial charge < -0.3 is 0 Å². The summed E-state index contributed by atoms with van der Waals surface area (Å²) in [5, 5.41) is 7.81. The minimum Gasteiger partial charge on any atom is -0.299 e. The van der Waals surface area contributed by atoms with Crippen LogP contribution in [0.4, 0.5) is 0 Å². The van der Waals surface area contributed by atoms with Gasteiger partial charge in [0.05, 0.1) is 10.7 Å². The van der Waals surface area contributed by atoms with Crippen LogP contribution in [0, 0.1) is 5.41 Å². The quantitative estimate of drug-likeness (QED) is 0.540. The van der Waals surface area contributed by atoms with E-state index < -0.39 is 0 Å². The molecule has 0 fully saturated rings. The van der Waals surface area contributed by atoms with Gasteiger partial charge in [-0.15, -0.1) is 11.8 Å². The molecule has 0 spiro atoms. The summed E-state index contributed by atoms with van der Waals surface area (Å²) in [5.41, 5.74) is 1.03. The summed E-state index contributed by atoms with van der Waals surface area (Å²) in [5.74, 6) is 0.802. The number of aromatic nitrogens is 1. The van der Waals surface area contributed by atoms with Gasteiger partial charge >= 0.3 is 0 Å². The fourth-order valence-electron chi connectivity index (χ4n) is 0.666. The van der Waals surface area contributed by atoms with Crippen molar-refractivity contribution in [1.29, 1.82) is 5.41 Å². The summed E-state index contributed by atoms with van der Waals surface area (Å²) in [6.45, 7) is 1.79. The summed E-state index contributed by atoms with van der Waals surface area (Å²) in [4.78, 5) is 4.13. The minimum atomic E-state index is 0.635. The molecule has 3 heteroatoms. The van der Waals surface area contributed by atoms with Crippen LogP contribution in [0.2, 0.25) is 0 Å². The molecule has 1 aromatic rings. The predicted molar refractivity (Wildman–Crippen MR) is 48.9 cm³/mol.